The minimum Gasteiger partial charge on any atom is -0.309 e. The Labute approximate surface area is 134 Å². The van der Waals surface area contributed by atoms with E-state index in [-0.39, 0.29) is 18.3 Å². The van der Waals surface area contributed by atoms with Gasteiger partial charge in [0.15, 0.2) is 0 Å². The molecule has 1 aromatic rings. The zero-order chi connectivity index (χ0) is 15.0. The lowest BCUT2D eigenvalue weighted by Gasteiger charge is -2.24. The first kappa shape index (κ1) is 19.6. The molecule has 1 rings (SSSR count). The molecule has 0 radical (unpaired) electrons. The number of nitrogens with one attached hydrogen (secondary N) is 1. The second-order valence-corrected chi connectivity index (χ2v) is 5.29. The molecule has 118 valence electrons. The zero-order valence-corrected chi connectivity index (χ0v) is 13.9. The Morgan fingerprint density at radius 2 is 1.81 bits per heavy atom. The van der Waals surface area contributed by atoms with Crippen LogP contribution in [0.25, 0.3) is 0 Å². The van der Waals surface area contributed by atoms with Gasteiger partial charge in [-0.15, -0.1) is 12.4 Å². The van der Waals surface area contributed by atoms with Crippen LogP contribution < -0.4 is 5.43 Å². The molecular weight excluding hydrogens is 286 g/mol. The molecule has 1 amide bonds. The topological polar surface area (TPSA) is 35.6 Å². The molecule has 0 aromatic heterocycles. The van der Waals surface area contributed by atoms with Crippen molar-refractivity contribution in [1.82, 2.24) is 15.3 Å². The summed E-state index contributed by atoms with van der Waals surface area (Å²) in [6.07, 6.45) is 0.996. The summed E-state index contributed by atoms with van der Waals surface area (Å²) in [5.74, 6) is -0.120. The Kier molecular flexibility index (Phi) is 9.71. The van der Waals surface area contributed by atoms with Crippen molar-refractivity contribution in [3.63, 3.8) is 0 Å². The number of hydrogen-bond donors (Lipinski definition) is 1. The largest absolute Gasteiger partial charge is 0.309 e. The van der Waals surface area contributed by atoms with Gasteiger partial charge in [0, 0.05) is 18.7 Å². The number of amides is 1. The fourth-order valence-corrected chi connectivity index (χ4v) is 1.80. The van der Waals surface area contributed by atoms with Crippen molar-refractivity contribution in [2.24, 2.45) is 0 Å². The number of halogens is 1. The number of benzene rings is 1. The van der Waals surface area contributed by atoms with Gasteiger partial charge < -0.3 is 4.90 Å². The van der Waals surface area contributed by atoms with E-state index in [4.69, 9.17) is 0 Å². The SMILES string of the molecule is C=C(C)C(=O)NN(CCCN(C)C)Cc1ccccc1.Cl. The van der Waals surface area contributed by atoms with Crippen LogP contribution in [0.1, 0.15) is 18.9 Å². The average Bonchev–Trinajstić information content (AvgIpc) is 2.39. The minimum atomic E-state index is -0.120. The average molecular weight is 312 g/mol. The number of hydrazine groups is 1. The van der Waals surface area contributed by atoms with Gasteiger partial charge >= 0.3 is 0 Å². The summed E-state index contributed by atoms with van der Waals surface area (Å²) in [6.45, 7) is 7.90. The summed E-state index contributed by atoms with van der Waals surface area (Å²) in [5.41, 5.74) is 4.62. The molecule has 0 saturated heterocycles. The van der Waals surface area contributed by atoms with Crippen molar-refractivity contribution in [3.05, 3.63) is 48.0 Å². The van der Waals surface area contributed by atoms with E-state index in [0.717, 1.165) is 19.5 Å². The molecule has 1 aromatic carbocycles. The van der Waals surface area contributed by atoms with E-state index in [1.54, 1.807) is 6.92 Å². The first-order chi connectivity index (χ1) is 9.49. The molecule has 4 nitrogen and oxygen atoms in total. The van der Waals surface area contributed by atoms with E-state index in [2.05, 4.69) is 29.0 Å². The predicted octanol–water partition coefficient (Wildman–Crippen LogP) is 2.47. The van der Waals surface area contributed by atoms with Gasteiger partial charge in [0.25, 0.3) is 5.91 Å². The number of hydrogen-bond acceptors (Lipinski definition) is 3. The van der Waals surface area contributed by atoms with Crippen LogP contribution in [0.3, 0.4) is 0 Å². The number of nitrogens with zero attached hydrogens (tertiary/aromatic N) is 2. The van der Waals surface area contributed by atoms with E-state index >= 15 is 0 Å². The van der Waals surface area contributed by atoms with E-state index in [1.165, 1.54) is 5.56 Å². The second kappa shape index (κ2) is 10.4. The molecule has 1 N–H and O–H groups in total. The molecule has 0 aliphatic heterocycles. The minimum absolute atomic E-state index is 0. The molecule has 0 aliphatic rings. The lowest BCUT2D eigenvalue weighted by Crippen LogP contribution is -2.43. The Morgan fingerprint density at radius 1 is 1.19 bits per heavy atom. The van der Waals surface area contributed by atoms with Crippen molar-refractivity contribution < 1.29 is 4.79 Å². The fraction of sp³-hybridized carbons (Fsp3) is 0.438. The Bertz CT molecular complexity index is 434. The van der Waals surface area contributed by atoms with Crippen molar-refractivity contribution in [1.29, 1.82) is 0 Å². The van der Waals surface area contributed by atoms with Crippen LogP contribution in [0.15, 0.2) is 42.5 Å². The van der Waals surface area contributed by atoms with E-state index in [1.807, 2.05) is 37.3 Å². The van der Waals surface area contributed by atoms with Crippen LogP contribution in [0.5, 0.6) is 0 Å². The van der Waals surface area contributed by atoms with Crippen LogP contribution in [-0.2, 0) is 11.3 Å². The fourth-order valence-electron chi connectivity index (χ4n) is 1.80. The van der Waals surface area contributed by atoms with Crippen LogP contribution in [-0.4, -0.2) is 43.0 Å². The van der Waals surface area contributed by atoms with Crippen LogP contribution in [0.4, 0.5) is 0 Å². The number of carbonyl (C=O) groups is 1. The summed E-state index contributed by atoms with van der Waals surface area (Å²) in [6, 6.07) is 10.1. The Morgan fingerprint density at radius 3 is 2.33 bits per heavy atom. The monoisotopic (exact) mass is 311 g/mol. The first-order valence-corrected chi connectivity index (χ1v) is 6.89. The van der Waals surface area contributed by atoms with Crippen molar-refractivity contribution >= 4 is 18.3 Å². The van der Waals surface area contributed by atoms with Crippen LogP contribution in [0, 0.1) is 0 Å². The normalized spacial score (nSPS) is 10.3. The summed E-state index contributed by atoms with van der Waals surface area (Å²) in [4.78, 5) is 13.9. The van der Waals surface area contributed by atoms with Gasteiger partial charge in [-0.25, -0.2) is 5.01 Å². The summed E-state index contributed by atoms with van der Waals surface area (Å²) in [7, 11) is 4.10. The Balaban J connectivity index is 0.00000400. The van der Waals surface area contributed by atoms with Gasteiger partial charge in [0.05, 0.1) is 0 Å². The van der Waals surface area contributed by atoms with Gasteiger partial charge in [0.1, 0.15) is 0 Å². The third kappa shape index (κ3) is 8.50. The highest BCUT2D eigenvalue weighted by Gasteiger charge is 2.10. The second-order valence-electron chi connectivity index (χ2n) is 5.29. The van der Waals surface area contributed by atoms with Gasteiger partial charge in [-0.05, 0) is 39.5 Å². The highest BCUT2D eigenvalue weighted by Crippen LogP contribution is 2.04. The standard InChI is InChI=1S/C16H25N3O.ClH/c1-14(2)16(20)17-19(12-8-11-18(3)4)13-15-9-6-5-7-10-15;/h5-7,9-10H,1,8,11-13H2,2-4H3,(H,17,20);1H. The van der Waals surface area contributed by atoms with E-state index < -0.39 is 0 Å². The molecule has 0 bridgehead atoms. The highest BCUT2D eigenvalue weighted by atomic mass is 35.5. The molecule has 0 spiro atoms. The van der Waals surface area contributed by atoms with Crippen molar-refractivity contribution in [2.45, 2.75) is 19.9 Å². The summed E-state index contributed by atoms with van der Waals surface area (Å²) in [5, 5.41) is 1.95. The zero-order valence-electron chi connectivity index (χ0n) is 13.1. The maximum absolute atomic E-state index is 11.8. The number of rotatable bonds is 8. The van der Waals surface area contributed by atoms with Crippen LogP contribution >= 0.6 is 12.4 Å². The number of carbonyl (C=O) groups excluding carboxylic acids is 1. The molecule has 5 heteroatoms. The van der Waals surface area contributed by atoms with Crippen molar-refractivity contribution in [2.75, 3.05) is 27.2 Å². The predicted molar refractivity (Wildman–Crippen MR) is 90.2 cm³/mol. The highest BCUT2D eigenvalue weighted by molar-refractivity contribution is 5.91. The smallest absolute Gasteiger partial charge is 0.260 e. The Hall–Kier alpha value is -1.36. The van der Waals surface area contributed by atoms with Gasteiger partial charge in [0.2, 0.25) is 0 Å². The summed E-state index contributed by atoms with van der Waals surface area (Å²) >= 11 is 0. The van der Waals surface area contributed by atoms with E-state index in [0.29, 0.717) is 12.1 Å². The molecule has 0 fully saturated rings. The first-order valence-electron chi connectivity index (χ1n) is 6.89. The lowest BCUT2D eigenvalue weighted by molar-refractivity contribution is -0.122. The maximum Gasteiger partial charge on any atom is 0.260 e. The van der Waals surface area contributed by atoms with Gasteiger partial charge in [-0.2, -0.15) is 0 Å². The lowest BCUT2D eigenvalue weighted by atomic mass is 10.2. The van der Waals surface area contributed by atoms with Crippen LogP contribution in [0.2, 0.25) is 0 Å². The van der Waals surface area contributed by atoms with E-state index in [9.17, 15) is 4.79 Å². The quantitative estimate of drug-likeness (QED) is 0.592. The van der Waals surface area contributed by atoms with Crippen molar-refractivity contribution in [3.8, 4) is 0 Å². The molecular formula is C16H26ClN3O. The molecule has 0 heterocycles. The molecule has 0 unspecified atom stereocenters. The maximum atomic E-state index is 11.8. The molecule has 0 atom stereocenters. The molecule has 0 aliphatic carbocycles. The summed E-state index contributed by atoms with van der Waals surface area (Å²) < 4.78 is 0. The third-order valence-electron chi connectivity index (χ3n) is 2.90. The van der Waals surface area contributed by atoms with Gasteiger partial charge in [-0.1, -0.05) is 36.9 Å². The molecule has 0 saturated carbocycles. The third-order valence-corrected chi connectivity index (χ3v) is 2.90. The molecule has 21 heavy (non-hydrogen) atoms. The van der Waals surface area contributed by atoms with Gasteiger partial charge in [-0.3, -0.25) is 10.2 Å².